The number of halogens is 2. The molecule has 0 aliphatic heterocycles. The number of aliphatic hydroxyl groups excluding tert-OH is 1. The first-order valence-electron chi connectivity index (χ1n) is 3.95. The molecule has 0 bridgehead atoms. The maximum atomic E-state index is 11.7. The Morgan fingerprint density at radius 1 is 1.60 bits per heavy atom. The molecule has 15 heavy (non-hydrogen) atoms. The van der Waals surface area contributed by atoms with Crippen LogP contribution >= 0.6 is 43.2 Å². The Morgan fingerprint density at radius 3 is 2.60 bits per heavy atom. The molecule has 0 aliphatic rings. The van der Waals surface area contributed by atoms with Crippen molar-refractivity contribution in [3.8, 4) is 0 Å². The van der Waals surface area contributed by atoms with Gasteiger partial charge in [0.15, 0.2) is 0 Å². The van der Waals surface area contributed by atoms with Crippen LogP contribution in [-0.2, 0) is 10.0 Å². The monoisotopic (exact) mass is 377 g/mol. The van der Waals surface area contributed by atoms with E-state index in [4.69, 9.17) is 5.11 Å². The lowest BCUT2D eigenvalue weighted by Crippen LogP contribution is -2.30. The standard InChI is InChI=1S/C7H9Br2NO3S2/c1-4(11)3-10-15(12,13)5-2-6(8)14-7(5)9/h2,4,10-11H,3H2,1H3. The Bertz CT molecular complexity index is 441. The van der Waals surface area contributed by atoms with Gasteiger partial charge in [0, 0.05) is 6.54 Å². The Balaban J connectivity index is 2.91. The van der Waals surface area contributed by atoms with E-state index in [-0.39, 0.29) is 11.4 Å². The van der Waals surface area contributed by atoms with Gasteiger partial charge in [0.1, 0.15) is 4.90 Å². The molecule has 0 aromatic carbocycles. The molecule has 0 saturated carbocycles. The summed E-state index contributed by atoms with van der Waals surface area (Å²) < 4.78 is 27.0. The van der Waals surface area contributed by atoms with E-state index in [1.54, 1.807) is 0 Å². The summed E-state index contributed by atoms with van der Waals surface area (Å²) in [5.74, 6) is 0. The third kappa shape index (κ3) is 3.79. The van der Waals surface area contributed by atoms with Gasteiger partial charge in [-0.3, -0.25) is 0 Å². The predicted octanol–water partition coefficient (Wildman–Crippen LogP) is 1.93. The summed E-state index contributed by atoms with van der Waals surface area (Å²) in [6, 6.07) is 1.51. The SMILES string of the molecule is CC(O)CNS(=O)(=O)c1cc(Br)sc1Br. The third-order valence-corrected chi connectivity index (χ3v) is 5.66. The number of hydrogen-bond acceptors (Lipinski definition) is 4. The van der Waals surface area contributed by atoms with Crippen molar-refractivity contribution in [1.29, 1.82) is 0 Å². The second kappa shape index (κ2) is 5.24. The van der Waals surface area contributed by atoms with Gasteiger partial charge in [-0.05, 0) is 44.8 Å². The van der Waals surface area contributed by atoms with Gasteiger partial charge >= 0.3 is 0 Å². The van der Waals surface area contributed by atoms with Crippen LogP contribution in [0.25, 0.3) is 0 Å². The van der Waals surface area contributed by atoms with Gasteiger partial charge in [-0.15, -0.1) is 11.3 Å². The highest BCUT2D eigenvalue weighted by molar-refractivity contribution is 9.12. The van der Waals surface area contributed by atoms with E-state index in [1.807, 2.05) is 0 Å². The maximum Gasteiger partial charge on any atom is 0.242 e. The van der Waals surface area contributed by atoms with Gasteiger partial charge < -0.3 is 5.11 Å². The van der Waals surface area contributed by atoms with Crippen molar-refractivity contribution < 1.29 is 13.5 Å². The van der Waals surface area contributed by atoms with Crippen molar-refractivity contribution in [1.82, 2.24) is 4.72 Å². The van der Waals surface area contributed by atoms with E-state index < -0.39 is 16.1 Å². The molecule has 1 unspecified atom stereocenters. The predicted molar refractivity (Wildman–Crippen MR) is 66.6 cm³/mol. The Kier molecular flexibility index (Phi) is 4.75. The lowest BCUT2D eigenvalue weighted by Gasteiger charge is -2.06. The van der Waals surface area contributed by atoms with Crippen molar-refractivity contribution in [3.63, 3.8) is 0 Å². The van der Waals surface area contributed by atoms with Crippen molar-refractivity contribution >= 4 is 53.2 Å². The van der Waals surface area contributed by atoms with Crippen LogP contribution in [0.5, 0.6) is 0 Å². The fourth-order valence-electron chi connectivity index (χ4n) is 0.816. The smallest absolute Gasteiger partial charge is 0.242 e. The minimum atomic E-state index is -3.54. The topological polar surface area (TPSA) is 66.4 Å². The molecule has 4 nitrogen and oxygen atoms in total. The van der Waals surface area contributed by atoms with E-state index >= 15 is 0 Å². The zero-order valence-corrected chi connectivity index (χ0v) is 12.5. The summed E-state index contributed by atoms with van der Waals surface area (Å²) in [6.07, 6.45) is -0.708. The summed E-state index contributed by atoms with van der Waals surface area (Å²) in [5.41, 5.74) is 0. The number of nitrogens with one attached hydrogen (secondary N) is 1. The minimum Gasteiger partial charge on any atom is -0.392 e. The second-order valence-electron chi connectivity index (χ2n) is 2.89. The molecule has 0 aliphatic carbocycles. The highest BCUT2D eigenvalue weighted by Gasteiger charge is 2.20. The van der Waals surface area contributed by atoms with Crippen molar-refractivity contribution in [3.05, 3.63) is 13.6 Å². The molecule has 0 amide bonds. The molecule has 2 N–H and O–H groups in total. The summed E-state index contributed by atoms with van der Waals surface area (Å²) in [6.45, 7) is 1.52. The molecule has 0 radical (unpaired) electrons. The summed E-state index contributed by atoms with van der Waals surface area (Å²) >= 11 is 7.65. The molecular formula is C7H9Br2NO3S2. The van der Waals surface area contributed by atoms with Crippen molar-refractivity contribution in [2.45, 2.75) is 17.9 Å². The summed E-state index contributed by atoms with van der Waals surface area (Å²) in [7, 11) is -3.54. The number of sulfonamides is 1. The first-order chi connectivity index (χ1) is 6.83. The molecule has 86 valence electrons. The maximum absolute atomic E-state index is 11.7. The number of rotatable bonds is 4. The fraction of sp³-hybridized carbons (Fsp3) is 0.429. The zero-order chi connectivity index (χ0) is 11.6. The second-order valence-corrected chi connectivity index (χ2v) is 8.37. The van der Waals surface area contributed by atoms with E-state index in [2.05, 4.69) is 36.6 Å². The molecule has 1 aromatic heterocycles. The fourth-order valence-corrected chi connectivity index (χ4v) is 5.75. The molecule has 1 aromatic rings. The van der Waals surface area contributed by atoms with Crippen LogP contribution < -0.4 is 4.72 Å². The molecule has 0 saturated heterocycles. The molecule has 1 atom stereocenters. The average molecular weight is 379 g/mol. The Morgan fingerprint density at radius 2 is 2.20 bits per heavy atom. The number of aliphatic hydroxyl groups is 1. The van der Waals surface area contributed by atoms with Crippen molar-refractivity contribution in [2.75, 3.05) is 6.54 Å². The van der Waals surface area contributed by atoms with E-state index in [9.17, 15) is 8.42 Å². The van der Waals surface area contributed by atoms with Crippen molar-refractivity contribution in [2.24, 2.45) is 0 Å². The van der Waals surface area contributed by atoms with E-state index in [0.29, 0.717) is 3.79 Å². The van der Waals surface area contributed by atoms with E-state index in [1.165, 1.54) is 24.3 Å². The first-order valence-corrected chi connectivity index (χ1v) is 7.84. The Labute approximate surface area is 109 Å². The van der Waals surface area contributed by atoms with Gasteiger partial charge in [0.05, 0.1) is 13.7 Å². The number of hydrogen-bond donors (Lipinski definition) is 2. The molecule has 1 rings (SSSR count). The Hall–Kier alpha value is 0.530. The van der Waals surface area contributed by atoms with Gasteiger partial charge in [0.2, 0.25) is 10.0 Å². The van der Waals surface area contributed by atoms with Crippen LogP contribution in [0.15, 0.2) is 18.5 Å². The largest absolute Gasteiger partial charge is 0.392 e. The van der Waals surface area contributed by atoms with Gasteiger partial charge in [-0.2, -0.15) is 0 Å². The van der Waals surface area contributed by atoms with Crippen LogP contribution in [0, 0.1) is 0 Å². The lowest BCUT2D eigenvalue weighted by atomic mass is 10.4. The van der Waals surface area contributed by atoms with Gasteiger partial charge in [0.25, 0.3) is 0 Å². The summed E-state index contributed by atoms with van der Waals surface area (Å²) in [4.78, 5) is 0.181. The molecular weight excluding hydrogens is 370 g/mol. The lowest BCUT2D eigenvalue weighted by molar-refractivity contribution is 0.198. The highest BCUT2D eigenvalue weighted by Crippen LogP contribution is 2.34. The average Bonchev–Trinajstić information content (AvgIpc) is 2.43. The van der Waals surface area contributed by atoms with Crippen LogP contribution in [0.2, 0.25) is 0 Å². The zero-order valence-electron chi connectivity index (χ0n) is 7.70. The van der Waals surface area contributed by atoms with Gasteiger partial charge in [-0.25, -0.2) is 13.1 Å². The quantitative estimate of drug-likeness (QED) is 0.841. The summed E-state index contributed by atoms with van der Waals surface area (Å²) in [5, 5.41) is 8.99. The third-order valence-electron chi connectivity index (χ3n) is 1.48. The molecule has 0 spiro atoms. The first kappa shape index (κ1) is 13.6. The van der Waals surface area contributed by atoms with Crippen LogP contribution in [0.3, 0.4) is 0 Å². The van der Waals surface area contributed by atoms with Crippen LogP contribution in [0.4, 0.5) is 0 Å². The van der Waals surface area contributed by atoms with E-state index in [0.717, 1.165) is 3.79 Å². The molecule has 0 fully saturated rings. The molecule has 8 heteroatoms. The number of thiophene rings is 1. The molecule has 1 heterocycles. The van der Waals surface area contributed by atoms with Crippen LogP contribution in [-0.4, -0.2) is 26.2 Å². The minimum absolute atomic E-state index is 0.00222. The van der Waals surface area contributed by atoms with Gasteiger partial charge in [-0.1, -0.05) is 0 Å². The normalized spacial score (nSPS) is 14.1. The van der Waals surface area contributed by atoms with Crippen LogP contribution in [0.1, 0.15) is 6.92 Å². The highest BCUT2D eigenvalue weighted by atomic mass is 79.9.